The summed E-state index contributed by atoms with van der Waals surface area (Å²) in [6.45, 7) is -3.34. The molecule has 0 amide bonds. The molecule has 9 nitrogen and oxygen atoms in total. The number of rotatable bonds is 12. The fourth-order valence-corrected chi connectivity index (χ4v) is 5.74. The molecule has 0 bridgehead atoms. The predicted molar refractivity (Wildman–Crippen MR) is 136 cm³/mol. The Hall–Kier alpha value is -3.87. The number of ether oxygens (including phenoxy) is 3. The number of fused-ring (bicyclic) bond motifs is 3. The van der Waals surface area contributed by atoms with Gasteiger partial charge < -0.3 is 19.3 Å². The van der Waals surface area contributed by atoms with Crippen LogP contribution >= 0.6 is 0 Å². The number of alkyl halides is 2. The van der Waals surface area contributed by atoms with Crippen LogP contribution in [0.1, 0.15) is 29.0 Å². The Labute approximate surface area is 227 Å². The molecule has 5 rings (SSSR count). The van der Waals surface area contributed by atoms with Gasteiger partial charge in [0.1, 0.15) is 28.0 Å². The Bertz CT molecular complexity index is 1550. The van der Waals surface area contributed by atoms with Gasteiger partial charge in [-0.05, 0) is 47.6 Å². The van der Waals surface area contributed by atoms with Gasteiger partial charge in [0.15, 0.2) is 0 Å². The highest BCUT2D eigenvalue weighted by molar-refractivity contribution is 7.90. The molecule has 0 spiro atoms. The van der Waals surface area contributed by atoms with Crippen molar-refractivity contribution in [3.8, 4) is 28.6 Å². The van der Waals surface area contributed by atoms with Crippen molar-refractivity contribution in [2.75, 3.05) is 18.6 Å². The van der Waals surface area contributed by atoms with Crippen LogP contribution in [0.5, 0.6) is 17.5 Å². The molecule has 0 saturated heterocycles. The molecular formula is C27H25F3N2O7S. The van der Waals surface area contributed by atoms with E-state index in [0.29, 0.717) is 12.0 Å². The summed E-state index contributed by atoms with van der Waals surface area (Å²) in [7, 11) is -3.17. The summed E-state index contributed by atoms with van der Waals surface area (Å²) >= 11 is 0. The highest BCUT2D eigenvalue weighted by Crippen LogP contribution is 2.61. The summed E-state index contributed by atoms with van der Waals surface area (Å²) in [5.74, 6) is -1.82. The van der Waals surface area contributed by atoms with Crippen molar-refractivity contribution in [1.82, 2.24) is 9.97 Å². The standard InChI is InChI=1S/C27H25F3N2O7S/c1-40(35,36)6-2-5-37-23-10-21(39-27(29)30)18(11-31-23)14-3-4-20(28)16(7-14)13-38-22-9-15-8-17-24(19(15)12-32-22)25(17)26(33)34/h3-4,7,9-12,17,24-25,27H,2,5-6,8,13H2,1H3,(H,33,34)/t17-,24-,25+/m1/s1. The lowest BCUT2D eigenvalue weighted by molar-refractivity contribution is -0.139. The number of carbonyl (C=O) groups is 1. The number of nitrogens with zero attached hydrogens (tertiary/aromatic N) is 2. The average Bonchev–Trinajstić information content (AvgIpc) is 3.48. The lowest BCUT2D eigenvalue weighted by Crippen LogP contribution is -2.09. The molecular weight excluding hydrogens is 553 g/mol. The van der Waals surface area contributed by atoms with Gasteiger partial charge in [-0.2, -0.15) is 8.78 Å². The van der Waals surface area contributed by atoms with Crippen LogP contribution in [0.15, 0.2) is 42.7 Å². The minimum absolute atomic E-state index is 0.00372. The normalized spacial score (nSPS) is 19.2. The number of pyridine rings is 2. The number of carboxylic acids is 1. The number of aromatic nitrogens is 2. The summed E-state index contributed by atoms with van der Waals surface area (Å²) in [5, 5.41) is 9.27. The average molecular weight is 579 g/mol. The molecule has 0 aliphatic heterocycles. The second kappa shape index (κ2) is 11.0. The van der Waals surface area contributed by atoms with Crippen LogP contribution < -0.4 is 14.2 Å². The van der Waals surface area contributed by atoms with Crippen LogP contribution in [0.2, 0.25) is 0 Å². The van der Waals surface area contributed by atoms with Crippen molar-refractivity contribution in [3.63, 3.8) is 0 Å². The fraction of sp³-hybridized carbons (Fsp3) is 0.370. The maximum Gasteiger partial charge on any atom is 0.387 e. The minimum Gasteiger partial charge on any atom is -0.481 e. The van der Waals surface area contributed by atoms with E-state index in [1.54, 1.807) is 12.3 Å². The number of aliphatic carboxylic acids is 1. The third-order valence-corrected chi connectivity index (χ3v) is 8.00. The van der Waals surface area contributed by atoms with Crippen LogP contribution in [0.3, 0.4) is 0 Å². The number of hydrogen-bond donors (Lipinski definition) is 1. The molecule has 1 fully saturated rings. The Balaban J connectivity index is 1.29. The monoisotopic (exact) mass is 578 g/mol. The SMILES string of the molecule is CS(=O)(=O)CCCOc1cc(OC(F)F)c(-c2ccc(F)c(COc3cc4c(cn3)[C@H]3[C@@H](C4)[C@@H]3C(=O)O)c2)cn1. The molecule has 2 aliphatic rings. The quantitative estimate of drug-likeness (QED) is 0.314. The van der Waals surface area contributed by atoms with Crippen LogP contribution in [0.4, 0.5) is 13.2 Å². The highest BCUT2D eigenvalue weighted by Gasteiger charge is 2.59. The number of sulfone groups is 1. The largest absolute Gasteiger partial charge is 0.481 e. The van der Waals surface area contributed by atoms with Gasteiger partial charge in [-0.15, -0.1) is 0 Å². The van der Waals surface area contributed by atoms with Crippen molar-refractivity contribution >= 4 is 15.8 Å². The van der Waals surface area contributed by atoms with Crippen molar-refractivity contribution in [3.05, 3.63) is 65.2 Å². The first kappa shape index (κ1) is 27.7. The van der Waals surface area contributed by atoms with E-state index >= 15 is 0 Å². The molecule has 2 aromatic heterocycles. The van der Waals surface area contributed by atoms with Crippen molar-refractivity contribution in [2.45, 2.75) is 32.0 Å². The van der Waals surface area contributed by atoms with Gasteiger partial charge >= 0.3 is 12.6 Å². The van der Waals surface area contributed by atoms with Crippen LogP contribution in [-0.2, 0) is 27.7 Å². The molecule has 1 N–H and O–H groups in total. The molecule has 3 aromatic rings. The van der Waals surface area contributed by atoms with Gasteiger partial charge in [-0.3, -0.25) is 4.79 Å². The first-order chi connectivity index (χ1) is 19.0. The predicted octanol–water partition coefficient (Wildman–Crippen LogP) is 4.25. The van der Waals surface area contributed by atoms with Gasteiger partial charge in [0.05, 0.1) is 18.3 Å². The van der Waals surface area contributed by atoms with Gasteiger partial charge in [-0.1, -0.05) is 6.07 Å². The molecule has 1 aromatic carbocycles. The second-order valence-electron chi connectivity index (χ2n) is 9.80. The van der Waals surface area contributed by atoms with E-state index in [-0.39, 0.29) is 71.8 Å². The van der Waals surface area contributed by atoms with E-state index in [1.165, 1.54) is 24.4 Å². The van der Waals surface area contributed by atoms with Crippen LogP contribution in [0.25, 0.3) is 11.1 Å². The summed E-state index contributed by atoms with van der Waals surface area (Å²) in [5.41, 5.74) is 2.50. The van der Waals surface area contributed by atoms with E-state index in [4.69, 9.17) is 9.47 Å². The number of carboxylic acid groups (broad SMARTS) is 1. The zero-order chi connectivity index (χ0) is 28.6. The van der Waals surface area contributed by atoms with E-state index in [9.17, 15) is 31.5 Å². The van der Waals surface area contributed by atoms with E-state index in [0.717, 1.165) is 23.4 Å². The topological polar surface area (TPSA) is 125 Å². The molecule has 0 radical (unpaired) electrons. The van der Waals surface area contributed by atoms with Gasteiger partial charge in [0.2, 0.25) is 11.8 Å². The highest BCUT2D eigenvalue weighted by atomic mass is 32.2. The summed E-state index contributed by atoms with van der Waals surface area (Å²) in [6.07, 6.45) is 4.77. The van der Waals surface area contributed by atoms with Crippen molar-refractivity contribution in [2.24, 2.45) is 11.8 Å². The summed E-state index contributed by atoms with van der Waals surface area (Å²) in [4.78, 5) is 19.6. The third-order valence-electron chi connectivity index (χ3n) is 6.97. The molecule has 2 heterocycles. The van der Waals surface area contributed by atoms with E-state index in [2.05, 4.69) is 14.7 Å². The molecule has 212 valence electrons. The number of halogens is 3. The Kier molecular flexibility index (Phi) is 7.58. The first-order valence-electron chi connectivity index (χ1n) is 12.4. The van der Waals surface area contributed by atoms with Gasteiger partial charge in [0, 0.05) is 47.8 Å². The summed E-state index contributed by atoms with van der Waals surface area (Å²) in [6, 6.07) is 6.88. The molecule has 13 heteroatoms. The van der Waals surface area contributed by atoms with Crippen molar-refractivity contribution < 1.29 is 45.7 Å². The Morgan fingerprint density at radius 1 is 1.12 bits per heavy atom. The zero-order valence-corrected chi connectivity index (χ0v) is 22.0. The second-order valence-corrected chi connectivity index (χ2v) is 12.1. The lowest BCUT2D eigenvalue weighted by atomic mass is 10.0. The van der Waals surface area contributed by atoms with Crippen LogP contribution in [0, 0.1) is 17.7 Å². The molecule has 40 heavy (non-hydrogen) atoms. The minimum atomic E-state index is -3.17. The Morgan fingerprint density at radius 3 is 2.60 bits per heavy atom. The third kappa shape index (κ3) is 6.14. The Morgan fingerprint density at radius 2 is 1.88 bits per heavy atom. The number of hydrogen-bond acceptors (Lipinski definition) is 8. The smallest absolute Gasteiger partial charge is 0.387 e. The molecule has 0 unspecified atom stereocenters. The van der Waals surface area contributed by atoms with Gasteiger partial charge in [0.25, 0.3) is 0 Å². The van der Waals surface area contributed by atoms with E-state index < -0.39 is 28.2 Å². The molecule has 3 atom stereocenters. The van der Waals surface area contributed by atoms with Gasteiger partial charge in [-0.25, -0.2) is 22.8 Å². The molecule has 2 aliphatic carbocycles. The van der Waals surface area contributed by atoms with Crippen LogP contribution in [-0.4, -0.2) is 54.7 Å². The lowest BCUT2D eigenvalue weighted by Gasteiger charge is -2.14. The first-order valence-corrected chi connectivity index (χ1v) is 14.4. The maximum atomic E-state index is 14.6. The maximum absolute atomic E-state index is 14.6. The molecule has 1 saturated carbocycles. The zero-order valence-electron chi connectivity index (χ0n) is 21.2. The van der Waals surface area contributed by atoms with E-state index in [1.807, 2.05) is 0 Å². The fourth-order valence-electron chi connectivity index (χ4n) is 5.09. The van der Waals surface area contributed by atoms with Crippen molar-refractivity contribution in [1.29, 1.82) is 0 Å². The summed E-state index contributed by atoms with van der Waals surface area (Å²) < 4.78 is 79.2. The number of benzene rings is 1.